The second kappa shape index (κ2) is 10.5. The SMILES string of the molecule is [2H]C[C@H](CCC)Nc1nc(N)c2ncc(Cc3cnc(N4CCC(CN(C)C)CC4)c(C)c3)n2n1. The second-order valence-corrected chi connectivity index (χ2v) is 9.79. The highest BCUT2D eigenvalue weighted by molar-refractivity contribution is 5.61. The average Bonchev–Trinajstić information content (AvgIpc) is 3.22. The van der Waals surface area contributed by atoms with Crippen LogP contribution in [0.15, 0.2) is 18.5 Å². The van der Waals surface area contributed by atoms with E-state index in [0.29, 0.717) is 23.8 Å². The number of pyridine rings is 1. The van der Waals surface area contributed by atoms with Crippen LogP contribution in [0.2, 0.25) is 0 Å². The Morgan fingerprint density at radius 1 is 1.26 bits per heavy atom. The van der Waals surface area contributed by atoms with Crippen molar-refractivity contribution in [3.05, 3.63) is 35.3 Å². The summed E-state index contributed by atoms with van der Waals surface area (Å²) < 4.78 is 9.52. The first-order valence-corrected chi connectivity index (χ1v) is 12.3. The molecule has 34 heavy (non-hydrogen) atoms. The number of nitrogens with two attached hydrogens (primary N) is 1. The van der Waals surface area contributed by atoms with Crippen molar-refractivity contribution in [2.75, 3.05) is 49.7 Å². The van der Waals surface area contributed by atoms with Crippen LogP contribution in [0.25, 0.3) is 5.65 Å². The highest BCUT2D eigenvalue weighted by atomic mass is 15.3. The molecular weight excluding hydrogens is 426 g/mol. The Morgan fingerprint density at radius 3 is 2.74 bits per heavy atom. The van der Waals surface area contributed by atoms with E-state index in [1.54, 1.807) is 10.7 Å². The molecule has 0 unspecified atom stereocenters. The van der Waals surface area contributed by atoms with Crippen LogP contribution >= 0.6 is 0 Å². The minimum atomic E-state index is -0.00355. The lowest BCUT2D eigenvalue weighted by Gasteiger charge is -2.34. The van der Waals surface area contributed by atoms with E-state index in [4.69, 9.17) is 12.1 Å². The summed E-state index contributed by atoms with van der Waals surface area (Å²) in [5.74, 6) is 2.62. The molecule has 3 aromatic rings. The minimum absolute atomic E-state index is 0.00355. The zero-order valence-corrected chi connectivity index (χ0v) is 21.0. The molecule has 3 aromatic heterocycles. The number of nitrogen functional groups attached to an aromatic ring is 1. The van der Waals surface area contributed by atoms with Gasteiger partial charge in [-0.25, -0.2) is 14.5 Å². The van der Waals surface area contributed by atoms with Gasteiger partial charge in [0.2, 0.25) is 5.95 Å². The molecule has 1 atom stereocenters. The van der Waals surface area contributed by atoms with Gasteiger partial charge in [0.05, 0.1) is 11.9 Å². The molecule has 3 N–H and O–H groups in total. The van der Waals surface area contributed by atoms with E-state index in [1.807, 2.05) is 6.20 Å². The molecule has 0 amide bonds. The number of hydrogen-bond donors (Lipinski definition) is 2. The van der Waals surface area contributed by atoms with Crippen molar-refractivity contribution >= 4 is 23.2 Å². The Labute approximate surface area is 204 Å². The molecule has 1 aliphatic rings. The van der Waals surface area contributed by atoms with E-state index in [0.717, 1.165) is 55.5 Å². The van der Waals surface area contributed by atoms with Crippen LogP contribution in [0.3, 0.4) is 0 Å². The van der Waals surface area contributed by atoms with Crippen molar-refractivity contribution in [2.45, 2.75) is 58.9 Å². The minimum Gasteiger partial charge on any atom is -0.380 e. The number of hydrogen-bond acceptors (Lipinski definition) is 8. The number of imidazole rings is 1. The molecule has 1 saturated heterocycles. The maximum atomic E-state index is 7.76. The quantitative estimate of drug-likeness (QED) is 0.495. The van der Waals surface area contributed by atoms with Gasteiger partial charge in [-0.3, -0.25) is 0 Å². The van der Waals surface area contributed by atoms with Crippen LogP contribution < -0.4 is 16.0 Å². The Hall–Kier alpha value is -2.94. The summed E-state index contributed by atoms with van der Waals surface area (Å²) in [7, 11) is 4.30. The van der Waals surface area contributed by atoms with Gasteiger partial charge in [-0.1, -0.05) is 19.4 Å². The summed E-state index contributed by atoms with van der Waals surface area (Å²) in [5.41, 5.74) is 9.95. The van der Waals surface area contributed by atoms with Crippen LogP contribution in [0.4, 0.5) is 17.6 Å². The van der Waals surface area contributed by atoms with Gasteiger partial charge in [-0.05, 0) is 64.2 Å². The molecule has 0 radical (unpaired) electrons. The molecule has 9 heteroatoms. The Morgan fingerprint density at radius 2 is 2.06 bits per heavy atom. The van der Waals surface area contributed by atoms with Crippen LogP contribution in [0, 0.1) is 12.8 Å². The lowest BCUT2D eigenvalue weighted by atomic mass is 9.96. The lowest BCUT2D eigenvalue weighted by Crippen LogP contribution is -2.37. The Balaban J connectivity index is 1.48. The average molecular weight is 467 g/mol. The zero-order valence-electron chi connectivity index (χ0n) is 22.0. The molecule has 1 aliphatic heterocycles. The number of nitrogens with one attached hydrogen (secondary N) is 1. The molecule has 4 rings (SSSR count). The summed E-state index contributed by atoms with van der Waals surface area (Å²) in [4.78, 5) is 18.4. The number of aromatic nitrogens is 5. The zero-order chi connectivity index (χ0) is 24.9. The Bertz CT molecular complexity index is 1120. The summed E-state index contributed by atoms with van der Waals surface area (Å²) in [5, 5.41) is 7.89. The van der Waals surface area contributed by atoms with Crippen molar-refractivity contribution in [2.24, 2.45) is 5.92 Å². The fourth-order valence-electron chi connectivity index (χ4n) is 4.84. The third-order valence-corrected chi connectivity index (χ3v) is 6.46. The van der Waals surface area contributed by atoms with Gasteiger partial charge < -0.3 is 20.9 Å². The smallest absolute Gasteiger partial charge is 0.243 e. The highest BCUT2D eigenvalue weighted by Crippen LogP contribution is 2.26. The predicted molar refractivity (Wildman–Crippen MR) is 138 cm³/mol. The van der Waals surface area contributed by atoms with Crippen molar-refractivity contribution in [1.29, 1.82) is 0 Å². The second-order valence-electron chi connectivity index (χ2n) is 9.79. The fraction of sp³-hybridized carbons (Fsp3) is 0.600. The molecular formula is C25H39N9. The van der Waals surface area contributed by atoms with Gasteiger partial charge in [-0.2, -0.15) is 4.98 Å². The van der Waals surface area contributed by atoms with Gasteiger partial charge in [0, 0.05) is 39.7 Å². The first-order chi connectivity index (χ1) is 16.9. The molecule has 184 valence electrons. The number of nitrogens with zero attached hydrogens (tertiary/aromatic N) is 7. The van der Waals surface area contributed by atoms with E-state index in [1.165, 1.54) is 18.4 Å². The van der Waals surface area contributed by atoms with Crippen molar-refractivity contribution < 1.29 is 1.37 Å². The van der Waals surface area contributed by atoms with Crippen molar-refractivity contribution in [3.63, 3.8) is 0 Å². The molecule has 0 bridgehead atoms. The number of rotatable bonds is 9. The lowest BCUT2D eigenvalue weighted by molar-refractivity contribution is 0.284. The fourth-order valence-corrected chi connectivity index (χ4v) is 4.84. The molecule has 0 aliphatic carbocycles. The van der Waals surface area contributed by atoms with E-state index in [9.17, 15) is 0 Å². The van der Waals surface area contributed by atoms with Crippen LogP contribution in [-0.4, -0.2) is 69.2 Å². The van der Waals surface area contributed by atoms with E-state index in [-0.39, 0.29) is 12.9 Å². The third kappa shape index (κ3) is 5.58. The summed E-state index contributed by atoms with van der Waals surface area (Å²) in [6.07, 6.45) is 8.70. The normalized spacial score (nSPS) is 16.3. The number of fused-ring (bicyclic) bond motifs is 1. The first-order valence-electron chi connectivity index (χ1n) is 13.0. The van der Waals surface area contributed by atoms with E-state index >= 15 is 0 Å². The molecule has 0 aromatic carbocycles. The summed E-state index contributed by atoms with van der Waals surface area (Å²) in [6, 6.07) is 2.21. The summed E-state index contributed by atoms with van der Waals surface area (Å²) >= 11 is 0. The van der Waals surface area contributed by atoms with Gasteiger partial charge in [0.25, 0.3) is 0 Å². The standard InChI is InChI=1S/C25H39N9/c1-6-7-18(3)29-25-30-22(26)24-28-15-21(34(24)31-25)13-20-12-17(2)23(27-14-20)33-10-8-19(9-11-33)16-32(4)5/h12,14-15,18-19H,6-11,13,16H2,1-5H3,(H3,26,29,30,31)/t18-/m1/s1/i3D. The Kier molecular flexibility index (Phi) is 7.08. The third-order valence-electron chi connectivity index (χ3n) is 6.46. The summed E-state index contributed by atoms with van der Waals surface area (Å²) in [6.45, 7) is 7.78. The molecule has 0 saturated carbocycles. The number of piperidine rings is 1. The molecule has 9 nitrogen and oxygen atoms in total. The van der Waals surface area contributed by atoms with Gasteiger partial charge in [0.1, 0.15) is 5.82 Å². The monoisotopic (exact) mass is 466 g/mol. The molecule has 4 heterocycles. The van der Waals surface area contributed by atoms with Gasteiger partial charge >= 0.3 is 0 Å². The largest absolute Gasteiger partial charge is 0.380 e. The maximum Gasteiger partial charge on any atom is 0.243 e. The van der Waals surface area contributed by atoms with Gasteiger partial charge in [0.15, 0.2) is 11.5 Å². The predicted octanol–water partition coefficient (Wildman–Crippen LogP) is 3.38. The number of anilines is 3. The first kappa shape index (κ1) is 22.8. The van der Waals surface area contributed by atoms with E-state index in [2.05, 4.69) is 64.2 Å². The molecule has 1 fully saturated rings. The van der Waals surface area contributed by atoms with Gasteiger partial charge in [-0.15, -0.1) is 5.10 Å². The number of aryl methyl sites for hydroxylation is 1. The van der Waals surface area contributed by atoms with E-state index < -0.39 is 0 Å². The van der Waals surface area contributed by atoms with Crippen LogP contribution in [0.1, 0.15) is 57.7 Å². The van der Waals surface area contributed by atoms with Crippen molar-refractivity contribution in [1.82, 2.24) is 29.5 Å². The van der Waals surface area contributed by atoms with Crippen LogP contribution in [-0.2, 0) is 6.42 Å². The molecule has 0 spiro atoms. The van der Waals surface area contributed by atoms with Crippen molar-refractivity contribution in [3.8, 4) is 0 Å². The van der Waals surface area contributed by atoms with Crippen LogP contribution in [0.5, 0.6) is 0 Å². The topological polar surface area (TPSA) is 100 Å². The highest BCUT2D eigenvalue weighted by Gasteiger charge is 2.22. The maximum absolute atomic E-state index is 7.76.